The molecule has 0 N–H and O–H groups in total. The minimum absolute atomic E-state index is 0.232. The van der Waals surface area contributed by atoms with E-state index in [0.29, 0.717) is 11.4 Å². The predicted molar refractivity (Wildman–Crippen MR) is 59.2 cm³/mol. The summed E-state index contributed by atoms with van der Waals surface area (Å²) in [5.74, 6) is 0.103. The Hall–Kier alpha value is -1.41. The predicted octanol–water partition coefficient (Wildman–Crippen LogP) is 3.63. The maximum Gasteiger partial charge on any atom is 0.131 e. The summed E-state index contributed by atoms with van der Waals surface area (Å²) < 4.78 is 13.5. The molecule has 0 bridgehead atoms. The molecule has 1 heterocycles. The van der Waals surface area contributed by atoms with E-state index in [4.69, 9.17) is 11.6 Å². The van der Waals surface area contributed by atoms with Gasteiger partial charge in [0.2, 0.25) is 0 Å². The second-order valence-electron chi connectivity index (χ2n) is 3.15. The summed E-state index contributed by atoms with van der Waals surface area (Å²) >= 11 is 5.67. The molecule has 0 amide bonds. The van der Waals surface area contributed by atoms with E-state index in [1.807, 2.05) is 0 Å². The topological polar surface area (TPSA) is 12.9 Å². The highest BCUT2D eigenvalue weighted by Gasteiger charge is 2.04. The lowest BCUT2D eigenvalue weighted by molar-refractivity contribution is 0.631. The third kappa shape index (κ3) is 2.16. The largest absolute Gasteiger partial charge is 0.260 e. The summed E-state index contributed by atoms with van der Waals surface area (Å²) in [5, 5.41) is 0. The molecule has 0 aliphatic heterocycles. The lowest BCUT2D eigenvalue weighted by Gasteiger charge is -2.03. The molecule has 1 nitrogen and oxygen atoms in total. The number of benzene rings is 1. The zero-order chi connectivity index (χ0) is 10.7. The van der Waals surface area contributed by atoms with Crippen molar-refractivity contribution in [1.82, 2.24) is 4.98 Å². The first kappa shape index (κ1) is 10.1. The molecular weight excluding hydrogens is 213 g/mol. The molecule has 0 saturated heterocycles. The Balaban J connectivity index is 2.49. The molecule has 76 valence electrons. The fourth-order valence-corrected chi connectivity index (χ4v) is 1.56. The van der Waals surface area contributed by atoms with Crippen LogP contribution in [0.1, 0.15) is 5.69 Å². The summed E-state index contributed by atoms with van der Waals surface area (Å²) in [4.78, 5) is 4.06. The zero-order valence-electron chi connectivity index (χ0n) is 7.95. The Morgan fingerprint density at radius 1 is 1.20 bits per heavy atom. The molecule has 0 fully saturated rings. The lowest BCUT2D eigenvalue weighted by atomic mass is 10.1. The van der Waals surface area contributed by atoms with Crippen LogP contribution >= 0.6 is 11.6 Å². The number of rotatable bonds is 2. The summed E-state index contributed by atoms with van der Waals surface area (Å²) in [7, 11) is 0. The molecule has 0 radical (unpaired) electrons. The molecular formula is C12H9ClFN. The van der Waals surface area contributed by atoms with Crippen molar-refractivity contribution in [3.63, 3.8) is 0 Å². The maximum atomic E-state index is 13.5. The Labute approximate surface area is 92.5 Å². The third-order valence-electron chi connectivity index (χ3n) is 2.14. The summed E-state index contributed by atoms with van der Waals surface area (Å²) in [5.41, 5.74) is 2.13. The molecule has 0 aliphatic carbocycles. The van der Waals surface area contributed by atoms with Crippen LogP contribution in [0.3, 0.4) is 0 Å². The SMILES string of the molecule is Fc1ccccc1-c1ccnc(CCl)c1. The van der Waals surface area contributed by atoms with E-state index in [-0.39, 0.29) is 5.82 Å². The number of hydrogen-bond acceptors (Lipinski definition) is 1. The van der Waals surface area contributed by atoms with Crippen molar-refractivity contribution in [2.75, 3.05) is 0 Å². The van der Waals surface area contributed by atoms with Crippen LogP contribution in [-0.4, -0.2) is 4.98 Å². The van der Waals surface area contributed by atoms with Crippen LogP contribution in [0, 0.1) is 5.82 Å². The first-order valence-corrected chi connectivity index (χ1v) is 5.10. The zero-order valence-corrected chi connectivity index (χ0v) is 8.71. The van der Waals surface area contributed by atoms with Gasteiger partial charge in [0.15, 0.2) is 0 Å². The highest BCUT2D eigenvalue weighted by atomic mass is 35.5. The molecule has 2 rings (SSSR count). The van der Waals surface area contributed by atoms with E-state index in [1.165, 1.54) is 6.07 Å². The second kappa shape index (κ2) is 4.41. The van der Waals surface area contributed by atoms with Crippen molar-refractivity contribution < 1.29 is 4.39 Å². The van der Waals surface area contributed by atoms with Gasteiger partial charge in [-0.05, 0) is 23.8 Å². The van der Waals surface area contributed by atoms with Crippen LogP contribution in [0.15, 0.2) is 42.6 Å². The smallest absolute Gasteiger partial charge is 0.131 e. The minimum atomic E-state index is -0.232. The van der Waals surface area contributed by atoms with Gasteiger partial charge in [-0.15, -0.1) is 11.6 Å². The molecule has 3 heteroatoms. The Bertz CT molecular complexity index is 471. The van der Waals surface area contributed by atoms with Gasteiger partial charge >= 0.3 is 0 Å². The van der Waals surface area contributed by atoms with E-state index in [1.54, 1.807) is 36.5 Å². The molecule has 15 heavy (non-hydrogen) atoms. The van der Waals surface area contributed by atoms with E-state index in [2.05, 4.69) is 4.98 Å². The van der Waals surface area contributed by atoms with Gasteiger partial charge < -0.3 is 0 Å². The summed E-state index contributed by atoms with van der Waals surface area (Å²) in [6.07, 6.45) is 1.64. The Kier molecular flexibility index (Phi) is 2.97. The monoisotopic (exact) mass is 221 g/mol. The first-order chi connectivity index (χ1) is 7.31. The standard InChI is InChI=1S/C12H9ClFN/c13-8-10-7-9(5-6-15-10)11-3-1-2-4-12(11)14/h1-7H,8H2. The van der Waals surface area contributed by atoms with Crippen molar-refractivity contribution in [1.29, 1.82) is 0 Å². The molecule has 2 aromatic rings. The van der Waals surface area contributed by atoms with Crippen molar-refractivity contribution >= 4 is 11.6 Å². The van der Waals surface area contributed by atoms with Crippen LogP contribution in [0.5, 0.6) is 0 Å². The Morgan fingerprint density at radius 3 is 2.73 bits per heavy atom. The van der Waals surface area contributed by atoms with E-state index in [9.17, 15) is 4.39 Å². The Morgan fingerprint density at radius 2 is 2.00 bits per heavy atom. The van der Waals surface area contributed by atoms with Crippen molar-refractivity contribution in [3.05, 3.63) is 54.1 Å². The van der Waals surface area contributed by atoms with Gasteiger partial charge in [0.05, 0.1) is 11.6 Å². The van der Waals surface area contributed by atoms with Crippen molar-refractivity contribution in [2.24, 2.45) is 0 Å². The summed E-state index contributed by atoms with van der Waals surface area (Å²) in [6.45, 7) is 0. The van der Waals surface area contributed by atoms with Gasteiger partial charge in [0, 0.05) is 11.8 Å². The highest BCUT2D eigenvalue weighted by Crippen LogP contribution is 2.22. The minimum Gasteiger partial charge on any atom is -0.260 e. The number of alkyl halides is 1. The lowest BCUT2D eigenvalue weighted by Crippen LogP contribution is -1.88. The molecule has 0 aliphatic rings. The van der Waals surface area contributed by atoms with Crippen molar-refractivity contribution in [2.45, 2.75) is 5.88 Å². The number of pyridine rings is 1. The third-order valence-corrected chi connectivity index (χ3v) is 2.41. The fourth-order valence-electron chi connectivity index (χ4n) is 1.41. The van der Waals surface area contributed by atoms with Gasteiger partial charge in [-0.1, -0.05) is 18.2 Å². The van der Waals surface area contributed by atoms with Gasteiger partial charge in [-0.2, -0.15) is 0 Å². The molecule has 1 aromatic carbocycles. The van der Waals surface area contributed by atoms with Crippen molar-refractivity contribution in [3.8, 4) is 11.1 Å². The molecule has 0 saturated carbocycles. The van der Waals surface area contributed by atoms with Crippen LogP contribution in [0.25, 0.3) is 11.1 Å². The molecule has 1 aromatic heterocycles. The fraction of sp³-hybridized carbons (Fsp3) is 0.0833. The van der Waals surface area contributed by atoms with Gasteiger partial charge in [-0.3, -0.25) is 4.98 Å². The summed E-state index contributed by atoms with van der Waals surface area (Å²) in [6, 6.07) is 10.2. The molecule has 0 atom stereocenters. The first-order valence-electron chi connectivity index (χ1n) is 4.57. The van der Waals surface area contributed by atoms with Gasteiger partial charge in [0.1, 0.15) is 5.82 Å². The molecule has 0 spiro atoms. The quantitative estimate of drug-likeness (QED) is 0.706. The maximum absolute atomic E-state index is 13.5. The number of hydrogen-bond donors (Lipinski definition) is 0. The van der Waals surface area contributed by atoms with Gasteiger partial charge in [0.25, 0.3) is 0 Å². The second-order valence-corrected chi connectivity index (χ2v) is 3.42. The average molecular weight is 222 g/mol. The number of nitrogens with zero attached hydrogens (tertiary/aromatic N) is 1. The highest BCUT2D eigenvalue weighted by molar-refractivity contribution is 6.16. The van der Waals surface area contributed by atoms with Crippen LogP contribution < -0.4 is 0 Å². The number of aromatic nitrogens is 1. The van der Waals surface area contributed by atoms with E-state index < -0.39 is 0 Å². The van der Waals surface area contributed by atoms with Crippen LogP contribution in [0.4, 0.5) is 4.39 Å². The number of halogens is 2. The van der Waals surface area contributed by atoms with Gasteiger partial charge in [-0.25, -0.2) is 4.39 Å². The van der Waals surface area contributed by atoms with Crippen LogP contribution in [0.2, 0.25) is 0 Å². The van der Waals surface area contributed by atoms with E-state index >= 15 is 0 Å². The normalized spacial score (nSPS) is 10.3. The van der Waals surface area contributed by atoms with E-state index in [0.717, 1.165) is 11.3 Å². The average Bonchev–Trinajstić information content (AvgIpc) is 2.30. The molecule has 0 unspecified atom stereocenters. The van der Waals surface area contributed by atoms with Crippen LogP contribution in [-0.2, 0) is 5.88 Å².